The second-order valence-electron chi connectivity index (χ2n) is 3.77. The van der Waals surface area contributed by atoms with E-state index in [9.17, 15) is 9.59 Å². The van der Waals surface area contributed by atoms with Gasteiger partial charge in [0.1, 0.15) is 6.61 Å². The molecule has 0 fully saturated rings. The van der Waals surface area contributed by atoms with Gasteiger partial charge in [0, 0.05) is 0 Å². The van der Waals surface area contributed by atoms with Crippen LogP contribution < -0.4 is 5.43 Å². The van der Waals surface area contributed by atoms with Crippen molar-refractivity contribution in [1.29, 1.82) is 0 Å². The number of nitrogens with zero attached hydrogens (tertiary/aromatic N) is 1. The molecule has 0 radical (unpaired) electrons. The highest BCUT2D eigenvalue weighted by molar-refractivity contribution is 6.23. The number of rotatable bonds is 7. The Labute approximate surface area is 123 Å². The van der Waals surface area contributed by atoms with Gasteiger partial charge in [-0.3, -0.25) is 0 Å². The van der Waals surface area contributed by atoms with Crippen LogP contribution in [-0.4, -0.2) is 31.4 Å². The SMILES string of the molecule is C/C=C/COC(=O)c1ccccc1NN=[C+]C(=O)OCC. The average Bonchev–Trinajstić information content (AvgIpc) is 2.48. The first kappa shape index (κ1) is 16.3. The zero-order valence-corrected chi connectivity index (χ0v) is 12.0. The predicted molar refractivity (Wildman–Crippen MR) is 79.2 cm³/mol. The van der Waals surface area contributed by atoms with Gasteiger partial charge in [0.25, 0.3) is 0 Å². The van der Waals surface area contributed by atoms with Gasteiger partial charge in [0.15, 0.2) is 0 Å². The van der Waals surface area contributed by atoms with Crippen LogP contribution in [0.15, 0.2) is 41.5 Å². The van der Waals surface area contributed by atoms with Crippen molar-refractivity contribution in [2.24, 2.45) is 5.10 Å². The summed E-state index contributed by atoms with van der Waals surface area (Å²) in [6.45, 7) is 3.96. The van der Waals surface area contributed by atoms with Crippen LogP contribution in [0.2, 0.25) is 0 Å². The zero-order valence-electron chi connectivity index (χ0n) is 12.0. The minimum Gasteiger partial charge on any atom is -0.458 e. The Hall–Kier alpha value is -2.72. The van der Waals surface area contributed by atoms with Crippen LogP contribution in [0.4, 0.5) is 5.69 Å². The van der Waals surface area contributed by atoms with Gasteiger partial charge in [-0.25, -0.2) is 10.2 Å². The number of allylic oxidation sites excluding steroid dienone is 1. The number of para-hydroxylation sites is 1. The summed E-state index contributed by atoms with van der Waals surface area (Å²) in [7, 11) is 0. The Morgan fingerprint density at radius 1 is 1.33 bits per heavy atom. The van der Waals surface area contributed by atoms with Crippen molar-refractivity contribution < 1.29 is 19.1 Å². The molecule has 0 aliphatic rings. The van der Waals surface area contributed by atoms with Gasteiger partial charge in [-0.2, -0.15) is 4.79 Å². The summed E-state index contributed by atoms with van der Waals surface area (Å²) in [4.78, 5) is 23.0. The van der Waals surface area contributed by atoms with Crippen molar-refractivity contribution in [2.45, 2.75) is 13.8 Å². The van der Waals surface area contributed by atoms with E-state index in [1.54, 1.807) is 43.3 Å². The quantitative estimate of drug-likeness (QED) is 0.274. The van der Waals surface area contributed by atoms with Gasteiger partial charge >= 0.3 is 18.2 Å². The number of anilines is 1. The molecule has 6 heteroatoms. The number of hydrogen-bond donors (Lipinski definition) is 1. The maximum absolute atomic E-state index is 11.9. The van der Waals surface area contributed by atoms with Crippen molar-refractivity contribution in [3.63, 3.8) is 0 Å². The molecule has 6 nitrogen and oxygen atoms in total. The molecule has 0 spiro atoms. The molecule has 1 rings (SSSR count). The number of carbonyl (C=O) groups excluding carboxylic acids is 2. The first-order chi connectivity index (χ1) is 10.2. The Bertz CT molecular complexity index is 538. The largest absolute Gasteiger partial charge is 0.619 e. The lowest BCUT2D eigenvalue weighted by molar-refractivity contribution is -0.134. The van der Waals surface area contributed by atoms with Crippen LogP contribution in [0.5, 0.6) is 0 Å². The molecule has 1 aromatic carbocycles. The summed E-state index contributed by atoms with van der Waals surface area (Å²) >= 11 is 0. The lowest BCUT2D eigenvalue weighted by atomic mass is 10.2. The first-order valence-corrected chi connectivity index (χ1v) is 6.44. The van der Waals surface area contributed by atoms with Crippen molar-refractivity contribution in [3.8, 4) is 0 Å². The van der Waals surface area contributed by atoms with Gasteiger partial charge in [-0.05, 0) is 26.0 Å². The van der Waals surface area contributed by atoms with E-state index in [1.807, 2.05) is 6.92 Å². The van der Waals surface area contributed by atoms with E-state index in [2.05, 4.69) is 21.5 Å². The molecule has 0 amide bonds. The molecular formula is C15H17N2O4+. The summed E-state index contributed by atoms with van der Waals surface area (Å²) in [5.41, 5.74) is 3.30. The van der Waals surface area contributed by atoms with Gasteiger partial charge in [0.2, 0.25) is 0 Å². The fourth-order valence-corrected chi connectivity index (χ4v) is 1.35. The summed E-state index contributed by atoms with van der Waals surface area (Å²) in [6.07, 6.45) is 5.65. The molecule has 0 aromatic heterocycles. The smallest absolute Gasteiger partial charge is 0.458 e. The topological polar surface area (TPSA) is 77.0 Å². The van der Waals surface area contributed by atoms with E-state index in [0.717, 1.165) is 0 Å². The molecule has 0 aliphatic heterocycles. The number of ether oxygens (including phenoxy) is 2. The molecule has 0 aliphatic carbocycles. The van der Waals surface area contributed by atoms with Crippen LogP contribution in [0, 0.1) is 0 Å². The molecule has 110 valence electrons. The third-order valence-corrected chi connectivity index (χ3v) is 2.29. The number of nitrogens with one attached hydrogen (secondary N) is 1. The lowest BCUT2D eigenvalue weighted by Gasteiger charge is -2.05. The third kappa shape index (κ3) is 5.84. The minimum absolute atomic E-state index is 0.196. The fourth-order valence-electron chi connectivity index (χ4n) is 1.35. The van der Waals surface area contributed by atoms with Gasteiger partial charge in [-0.1, -0.05) is 24.3 Å². The van der Waals surface area contributed by atoms with Crippen molar-refractivity contribution in [1.82, 2.24) is 0 Å². The zero-order chi connectivity index (χ0) is 15.5. The first-order valence-electron chi connectivity index (χ1n) is 6.44. The summed E-state index contributed by atoms with van der Waals surface area (Å²) in [5, 5.41) is 3.60. The van der Waals surface area contributed by atoms with Crippen molar-refractivity contribution in [3.05, 3.63) is 42.0 Å². The number of benzene rings is 1. The lowest BCUT2D eigenvalue weighted by Crippen LogP contribution is -2.09. The van der Waals surface area contributed by atoms with Gasteiger partial charge in [0.05, 0.1) is 23.0 Å². The molecule has 21 heavy (non-hydrogen) atoms. The molecule has 0 atom stereocenters. The summed E-state index contributed by atoms with van der Waals surface area (Å²) < 4.78 is 9.70. The Morgan fingerprint density at radius 2 is 2.10 bits per heavy atom. The Kier molecular flexibility index (Phi) is 7.18. The maximum Gasteiger partial charge on any atom is 0.619 e. The highest BCUT2D eigenvalue weighted by atomic mass is 16.5. The molecule has 0 heterocycles. The van der Waals surface area contributed by atoms with E-state index in [1.165, 1.54) is 0 Å². The maximum atomic E-state index is 11.9. The predicted octanol–water partition coefficient (Wildman–Crippen LogP) is 2.26. The summed E-state index contributed by atoms with van der Waals surface area (Å²) in [5.74, 6) is -1.17. The standard InChI is InChI=1S/C15H16N2O4/c1-3-5-10-21-15(19)12-8-6-7-9-13(12)17-16-11-14(18)20-4-2/h3,5-9H,4,10H2,1-2H3/p+1/b5-3+. The normalized spacial score (nSPS) is 10.4. The average molecular weight is 289 g/mol. The third-order valence-electron chi connectivity index (χ3n) is 2.29. The van der Waals surface area contributed by atoms with Crippen molar-refractivity contribution in [2.75, 3.05) is 18.6 Å². The van der Waals surface area contributed by atoms with Crippen LogP contribution in [-0.2, 0) is 14.3 Å². The minimum atomic E-state index is -0.682. The number of esters is 2. The van der Waals surface area contributed by atoms with E-state index >= 15 is 0 Å². The van der Waals surface area contributed by atoms with Crippen LogP contribution >= 0.6 is 0 Å². The van der Waals surface area contributed by atoms with Crippen LogP contribution in [0.25, 0.3) is 0 Å². The molecule has 0 unspecified atom stereocenters. The number of carbonyl (C=O) groups is 2. The molecule has 1 aromatic rings. The van der Waals surface area contributed by atoms with Gasteiger partial charge < -0.3 is 9.47 Å². The fraction of sp³-hybridized carbons (Fsp3) is 0.267. The molecule has 0 saturated heterocycles. The van der Waals surface area contributed by atoms with Crippen molar-refractivity contribution >= 4 is 23.8 Å². The van der Waals surface area contributed by atoms with E-state index in [4.69, 9.17) is 4.74 Å². The molecular weight excluding hydrogens is 272 g/mol. The van der Waals surface area contributed by atoms with Crippen LogP contribution in [0.1, 0.15) is 24.2 Å². The van der Waals surface area contributed by atoms with Gasteiger partial charge in [-0.15, -0.1) is 0 Å². The molecule has 1 N–H and O–H groups in total. The Morgan fingerprint density at radius 3 is 2.81 bits per heavy atom. The second kappa shape index (κ2) is 9.23. The summed E-state index contributed by atoms with van der Waals surface area (Å²) in [6, 6.07) is 6.67. The molecule has 0 bridgehead atoms. The highest BCUT2D eigenvalue weighted by Gasteiger charge is 2.17. The number of hydrazone groups is 1. The van der Waals surface area contributed by atoms with E-state index in [0.29, 0.717) is 11.3 Å². The number of hydrogen-bond acceptors (Lipinski definition) is 6. The highest BCUT2D eigenvalue weighted by Crippen LogP contribution is 2.16. The van der Waals surface area contributed by atoms with E-state index < -0.39 is 11.9 Å². The Balaban J connectivity index is 2.70. The second-order valence-corrected chi connectivity index (χ2v) is 3.77. The van der Waals surface area contributed by atoms with E-state index in [-0.39, 0.29) is 13.2 Å². The van der Waals surface area contributed by atoms with Crippen LogP contribution in [0.3, 0.4) is 0 Å². The monoisotopic (exact) mass is 289 g/mol. The molecule has 0 saturated carbocycles.